The first kappa shape index (κ1) is 26.9. The molecular formula is C28H26BrN3O6. The van der Waals surface area contributed by atoms with Gasteiger partial charge >= 0.3 is 5.97 Å². The summed E-state index contributed by atoms with van der Waals surface area (Å²) in [5, 5.41) is 0. The smallest absolute Gasteiger partial charge is 0.311 e. The molecular weight excluding hydrogens is 554 g/mol. The van der Waals surface area contributed by atoms with Crippen LogP contribution in [0.15, 0.2) is 71.2 Å². The molecule has 0 aromatic heterocycles. The molecule has 0 aliphatic carbocycles. The number of nitrogens with one attached hydrogen (secondary N) is 2. The second-order valence-corrected chi connectivity index (χ2v) is 9.78. The van der Waals surface area contributed by atoms with E-state index in [9.17, 15) is 19.2 Å². The van der Waals surface area contributed by atoms with E-state index in [-0.39, 0.29) is 18.9 Å². The molecule has 9 nitrogen and oxygen atoms in total. The summed E-state index contributed by atoms with van der Waals surface area (Å²) in [5.41, 5.74) is 7.73. The molecule has 1 aliphatic rings. The van der Waals surface area contributed by atoms with Crippen LogP contribution in [-0.2, 0) is 19.1 Å². The van der Waals surface area contributed by atoms with Crippen molar-refractivity contribution in [2.75, 3.05) is 18.1 Å². The minimum Gasteiger partial charge on any atom is -0.457 e. The lowest BCUT2D eigenvalue weighted by atomic mass is 10.1. The van der Waals surface area contributed by atoms with Gasteiger partial charge in [0.25, 0.3) is 11.8 Å². The maximum atomic E-state index is 12.6. The molecule has 3 amide bonds. The van der Waals surface area contributed by atoms with Gasteiger partial charge < -0.3 is 14.4 Å². The maximum Gasteiger partial charge on any atom is 0.311 e. The number of carbonyl (C=O) groups is 4. The van der Waals surface area contributed by atoms with Crippen molar-refractivity contribution in [1.29, 1.82) is 0 Å². The molecule has 2 N–H and O–H groups in total. The van der Waals surface area contributed by atoms with Gasteiger partial charge in [0.2, 0.25) is 5.91 Å². The number of esters is 1. The van der Waals surface area contributed by atoms with Crippen LogP contribution in [0.4, 0.5) is 5.69 Å². The number of aryl methyl sites for hydroxylation is 2. The van der Waals surface area contributed by atoms with Crippen LogP contribution in [0, 0.1) is 19.8 Å². The van der Waals surface area contributed by atoms with Gasteiger partial charge in [0.15, 0.2) is 6.61 Å². The predicted octanol–water partition coefficient (Wildman–Crippen LogP) is 4.22. The van der Waals surface area contributed by atoms with Gasteiger partial charge in [-0.15, -0.1) is 0 Å². The van der Waals surface area contributed by atoms with E-state index >= 15 is 0 Å². The van der Waals surface area contributed by atoms with Crippen LogP contribution in [0.5, 0.6) is 11.5 Å². The van der Waals surface area contributed by atoms with Crippen molar-refractivity contribution in [3.8, 4) is 11.5 Å². The molecule has 0 spiro atoms. The summed E-state index contributed by atoms with van der Waals surface area (Å²) >= 11 is 3.28. The molecule has 1 saturated heterocycles. The zero-order valence-corrected chi connectivity index (χ0v) is 22.4. The van der Waals surface area contributed by atoms with Crippen LogP contribution >= 0.6 is 15.9 Å². The third-order valence-corrected chi connectivity index (χ3v) is 6.62. The number of hydrogen-bond acceptors (Lipinski definition) is 6. The number of hydrogen-bond donors (Lipinski definition) is 2. The highest BCUT2D eigenvalue weighted by Gasteiger charge is 2.36. The first-order valence-corrected chi connectivity index (χ1v) is 12.7. The highest BCUT2D eigenvalue weighted by atomic mass is 79.9. The molecule has 1 heterocycles. The van der Waals surface area contributed by atoms with Crippen LogP contribution in [0.3, 0.4) is 0 Å². The van der Waals surface area contributed by atoms with E-state index in [1.54, 1.807) is 48.5 Å². The van der Waals surface area contributed by atoms with Gasteiger partial charge in [0.05, 0.1) is 5.92 Å². The molecule has 1 atom stereocenters. The fourth-order valence-electron chi connectivity index (χ4n) is 3.81. The van der Waals surface area contributed by atoms with Crippen LogP contribution in [0.2, 0.25) is 0 Å². The van der Waals surface area contributed by atoms with Crippen LogP contribution in [-0.4, -0.2) is 36.8 Å². The summed E-state index contributed by atoms with van der Waals surface area (Å²) in [4.78, 5) is 50.6. The van der Waals surface area contributed by atoms with Gasteiger partial charge in [-0.1, -0.05) is 22.0 Å². The molecule has 4 rings (SSSR count). The monoisotopic (exact) mass is 579 g/mol. The minimum absolute atomic E-state index is 0.0261. The molecule has 0 unspecified atom stereocenters. The number of rotatable bonds is 7. The lowest BCUT2D eigenvalue weighted by molar-refractivity contribution is -0.152. The van der Waals surface area contributed by atoms with Crippen LogP contribution < -0.4 is 20.5 Å². The molecule has 0 radical (unpaired) electrons. The number of anilines is 1. The zero-order chi connectivity index (χ0) is 27.2. The normalized spacial score (nSPS) is 14.7. The van der Waals surface area contributed by atoms with E-state index < -0.39 is 30.3 Å². The fourth-order valence-corrected chi connectivity index (χ4v) is 4.08. The predicted molar refractivity (Wildman–Crippen MR) is 144 cm³/mol. The van der Waals surface area contributed by atoms with E-state index in [1.165, 1.54) is 10.5 Å². The Morgan fingerprint density at radius 3 is 2.29 bits per heavy atom. The van der Waals surface area contributed by atoms with Gasteiger partial charge in [0, 0.05) is 28.7 Å². The standard InChI is InChI=1S/C28H26BrN3O6/c1-17-3-10-24(13-18(17)2)38-23-11-8-22(9-12-23)32-15-20(14-26(32)34)28(36)37-16-25(33)30-31-27(35)19-4-6-21(29)7-5-19/h3-13,20H,14-16H2,1-2H3,(H,30,33)(H,31,35)/t20-/m1/s1. The molecule has 0 bridgehead atoms. The van der Waals surface area contributed by atoms with Crippen molar-refractivity contribution in [1.82, 2.24) is 10.9 Å². The van der Waals surface area contributed by atoms with Crippen molar-refractivity contribution in [2.45, 2.75) is 20.3 Å². The third-order valence-electron chi connectivity index (χ3n) is 6.09. The molecule has 1 fully saturated rings. The summed E-state index contributed by atoms with van der Waals surface area (Å²) in [7, 11) is 0. The van der Waals surface area contributed by atoms with Crippen molar-refractivity contribution < 1.29 is 28.7 Å². The zero-order valence-electron chi connectivity index (χ0n) is 20.8. The summed E-state index contributed by atoms with van der Waals surface area (Å²) in [5.74, 6) is -1.47. The largest absolute Gasteiger partial charge is 0.457 e. The number of benzene rings is 3. The van der Waals surface area contributed by atoms with E-state index in [2.05, 4.69) is 26.8 Å². The van der Waals surface area contributed by atoms with Crippen LogP contribution in [0.25, 0.3) is 0 Å². The quantitative estimate of drug-likeness (QED) is 0.320. The molecule has 38 heavy (non-hydrogen) atoms. The Labute approximate surface area is 228 Å². The summed E-state index contributed by atoms with van der Waals surface area (Å²) in [6.07, 6.45) is -0.0261. The van der Waals surface area contributed by atoms with Crippen molar-refractivity contribution >= 4 is 45.3 Å². The minimum atomic E-state index is -0.709. The van der Waals surface area contributed by atoms with Crippen LogP contribution in [0.1, 0.15) is 27.9 Å². The Kier molecular flexibility index (Phi) is 8.42. The average molecular weight is 580 g/mol. The summed E-state index contributed by atoms with van der Waals surface area (Å²) in [6.45, 7) is 3.59. The average Bonchev–Trinajstić information content (AvgIpc) is 3.30. The van der Waals surface area contributed by atoms with Gasteiger partial charge in [-0.05, 0) is 85.6 Å². The van der Waals surface area contributed by atoms with Gasteiger partial charge in [-0.25, -0.2) is 0 Å². The summed E-state index contributed by atoms with van der Waals surface area (Å²) in [6, 6.07) is 19.4. The van der Waals surface area contributed by atoms with E-state index in [0.717, 1.165) is 15.8 Å². The van der Waals surface area contributed by atoms with Crippen molar-refractivity contribution in [2.24, 2.45) is 5.92 Å². The van der Waals surface area contributed by atoms with E-state index in [4.69, 9.17) is 9.47 Å². The first-order valence-electron chi connectivity index (χ1n) is 11.9. The van der Waals surface area contributed by atoms with Gasteiger partial charge in [-0.3, -0.25) is 30.0 Å². The molecule has 196 valence electrons. The Bertz CT molecular complexity index is 1360. The third kappa shape index (κ3) is 6.77. The van der Waals surface area contributed by atoms with E-state index in [1.807, 2.05) is 32.0 Å². The Morgan fingerprint density at radius 1 is 0.921 bits per heavy atom. The second kappa shape index (κ2) is 11.9. The topological polar surface area (TPSA) is 114 Å². The Morgan fingerprint density at radius 2 is 1.61 bits per heavy atom. The highest BCUT2D eigenvalue weighted by Crippen LogP contribution is 2.29. The first-order chi connectivity index (χ1) is 18.2. The number of carbonyl (C=O) groups excluding carboxylic acids is 4. The van der Waals surface area contributed by atoms with Gasteiger partial charge in [0.1, 0.15) is 11.5 Å². The molecule has 3 aromatic carbocycles. The fraction of sp³-hybridized carbons (Fsp3) is 0.214. The van der Waals surface area contributed by atoms with Crippen molar-refractivity contribution in [3.63, 3.8) is 0 Å². The maximum absolute atomic E-state index is 12.6. The SMILES string of the molecule is Cc1ccc(Oc2ccc(N3C[C@H](C(=O)OCC(=O)NNC(=O)c4ccc(Br)cc4)CC3=O)cc2)cc1C. The van der Waals surface area contributed by atoms with Crippen molar-refractivity contribution in [3.05, 3.63) is 87.9 Å². The highest BCUT2D eigenvalue weighted by molar-refractivity contribution is 9.10. The number of hydrazine groups is 1. The number of ether oxygens (including phenoxy) is 2. The molecule has 10 heteroatoms. The molecule has 3 aromatic rings. The Balaban J connectivity index is 1.24. The lowest BCUT2D eigenvalue weighted by Gasteiger charge is -2.17. The number of nitrogens with zero attached hydrogens (tertiary/aromatic N) is 1. The number of amides is 3. The number of halogens is 1. The Hall–Kier alpha value is -4.18. The lowest BCUT2D eigenvalue weighted by Crippen LogP contribution is -2.43. The molecule has 1 aliphatic heterocycles. The van der Waals surface area contributed by atoms with E-state index in [0.29, 0.717) is 17.0 Å². The van der Waals surface area contributed by atoms with Gasteiger partial charge in [-0.2, -0.15) is 0 Å². The molecule has 0 saturated carbocycles. The summed E-state index contributed by atoms with van der Waals surface area (Å²) < 4.78 is 11.8. The second-order valence-electron chi connectivity index (χ2n) is 8.86.